The maximum absolute atomic E-state index is 3.80. The minimum atomic E-state index is 0.329. The minimum Gasteiger partial charge on any atom is -0.309 e. The summed E-state index contributed by atoms with van der Waals surface area (Å²) in [4.78, 5) is 2.88. The van der Waals surface area contributed by atoms with Crippen LogP contribution in [0, 0.1) is 11.8 Å². The highest BCUT2D eigenvalue weighted by Gasteiger charge is 2.42. The molecular weight excluding hydrogens is 232 g/mol. The molecule has 112 valence electrons. The highest BCUT2D eigenvalue weighted by molar-refractivity contribution is 4.99. The molecule has 0 aromatic rings. The summed E-state index contributed by atoms with van der Waals surface area (Å²) in [6, 6.07) is 1.59. The zero-order valence-corrected chi connectivity index (χ0v) is 13.7. The Bertz CT molecular complexity index is 291. The Labute approximate surface area is 120 Å². The molecule has 0 spiro atoms. The summed E-state index contributed by atoms with van der Waals surface area (Å²) in [5.41, 5.74) is 0.329. The summed E-state index contributed by atoms with van der Waals surface area (Å²) in [6.07, 6.45) is 6.76. The molecule has 2 fully saturated rings. The van der Waals surface area contributed by atoms with E-state index < -0.39 is 0 Å². The van der Waals surface area contributed by atoms with Crippen LogP contribution in [-0.4, -0.2) is 35.6 Å². The van der Waals surface area contributed by atoms with E-state index in [0.717, 1.165) is 23.9 Å². The smallest absolute Gasteiger partial charge is 0.0278 e. The van der Waals surface area contributed by atoms with Crippen LogP contribution in [0.3, 0.4) is 0 Å². The van der Waals surface area contributed by atoms with Gasteiger partial charge in [0.2, 0.25) is 0 Å². The number of nitrogens with zero attached hydrogens (tertiary/aromatic N) is 1. The van der Waals surface area contributed by atoms with Gasteiger partial charge in [-0.3, -0.25) is 4.90 Å². The second kappa shape index (κ2) is 6.13. The maximum Gasteiger partial charge on any atom is 0.0278 e. The standard InChI is InChI=1S/C17H34N2/c1-6-14-9-10-16(13(14)4)19-12-17(5,8-3)18-11-15(19)7-2/h13-16,18H,6-12H2,1-5H3. The van der Waals surface area contributed by atoms with Crippen LogP contribution in [0.25, 0.3) is 0 Å². The van der Waals surface area contributed by atoms with E-state index in [2.05, 4.69) is 44.8 Å². The van der Waals surface area contributed by atoms with Crippen LogP contribution in [0.5, 0.6) is 0 Å². The van der Waals surface area contributed by atoms with Gasteiger partial charge in [-0.2, -0.15) is 0 Å². The summed E-state index contributed by atoms with van der Waals surface area (Å²) in [6.45, 7) is 14.4. The lowest BCUT2D eigenvalue weighted by Gasteiger charge is -2.49. The zero-order valence-electron chi connectivity index (χ0n) is 13.7. The molecule has 0 aromatic carbocycles. The van der Waals surface area contributed by atoms with E-state index >= 15 is 0 Å². The molecule has 1 N–H and O–H groups in total. The third-order valence-corrected chi connectivity index (χ3v) is 6.15. The molecule has 1 saturated carbocycles. The number of nitrogens with one attached hydrogen (secondary N) is 1. The molecule has 1 saturated heterocycles. The van der Waals surface area contributed by atoms with E-state index in [1.54, 1.807) is 0 Å². The first-order valence-electron chi connectivity index (χ1n) is 8.55. The quantitative estimate of drug-likeness (QED) is 0.835. The molecule has 0 amide bonds. The topological polar surface area (TPSA) is 15.3 Å². The van der Waals surface area contributed by atoms with Crippen LogP contribution in [0.2, 0.25) is 0 Å². The normalized spacial score (nSPS) is 44.7. The molecule has 5 unspecified atom stereocenters. The highest BCUT2D eigenvalue weighted by Crippen LogP contribution is 2.39. The molecule has 1 aliphatic carbocycles. The van der Waals surface area contributed by atoms with Crippen molar-refractivity contribution in [2.75, 3.05) is 13.1 Å². The summed E-state index contributed by atoms with van der Waals surface area (Å²) in [5.74, 6) is 1.85. The fraction of sp³-hybridized carbons (Fsp3) is 1.00. The molecular formula is C17H34N2. The van der Waals surface area contributed by atoms with Crippen molar-refractivity contribution in [3.63, 3.8) is 0 Å². The molecule has 2 nitrogen and oxygen atoms in total. The van der Waals surface area contributed by atoms with Gasteiger partial charge in [0.1, 0.15) is 0 Å². The Balaban J connectivity index is 2.10. The first kappa shape index (κ1) is 15.3. The largest absolute Gasteiger partial charge is 0.309 e. The van der Waals surface area contributed by atoms with Gasteiger partial charge in [-0.15, -0.1) is 0 Å². The molecule has 5 atom stereocenters. The van der Waals surface area contributed by atoms with Crippen molar-refractivity contribution in [3.8, 4) is 0 Å². The van der Waals surface area contributed by atoms with Gasteiger partial charge < -0.3 is 5.32 Å². The molecule has 0 aromatic heterocycles. The van der Waals surface area contributed by atoms with Gasteiger partial charge >= 0.3 is 0 Å². The Morgan fingerprint density at radius 2 is 1.89 bits per heavy atom. The van der Waals surface area contributed by atoms with Crippen LogP contribution in [0.4, 0.5) is 0 Å². The Morgan fingerprint density at radius 1 is 1.16 bits per heavy atom. The highest BCUT2D eigenvalue weighted by atomic mass is 15.3. The van der Waals surface area contributed by atoms with Crippen molar-refractivity contribution in [1.82, 2.24) is 10.2 Å². The molecule has 19 heavy (non-hydrogen) atoms. The first-order valence-corrected chi connectivity index (χ1v) is 8.55. The maximum atomic E-state index is 3.80. The Hall–Kier alpha value is -0.0800. The molecule has 1 heterocycles. The van der Waals surface area contributed by atoms with Crippen LogP contribution in [0.15, 0.2) is 0 Å². The summed E-state index contributed by atoms with van der Waals surface area (Å²) >= 11 is 0. The van der Waals surface area contributed by atoms with Crippen molar-refractivity contribution < 1.29 is 0 Å². The minimum absolute atomic E-state index is 0.329. The van der Waals surface area contributed by atoms with Gasteiger partial charge in [-0.1, -0.05) is 34.1 Å². The van der Waals surface area contributed by atoms with Crippen LogP contribution in [-0.2, 0) is 0 Å². The number of hydrogen-bond donors (Lipinski definition) is 1. The van der Waals surface area contributed by atoms with Crippen molar-refractivity contribution in [2.45, 2.75) is 84.3 Å². The third kappa shape index (κ3) is 3.00. The van der Waals surface area contributed by atoms with Crippen LogP contribution < -0.4 is 5.32 Å². The fourth-order valence-corrected chi connectivity index (χ4v) is 4.34. The second-order valence-corrected chi connectivity index (χ2v) is 7.20. The van der Waals surface area contributed by atoms with Crippen molar-refractivity contribution >= 4 is 0 Å². The van der Waals surface area contributed by atoms with Gasteiger partial charge in [0.05, 0.1) is 0 Å². The molecule has 0 radical (unpaired) electrons. The lowest BCUT2D eigenvalue weighted by atomic mass is 9.87. The van der Waals surface area contributed by atoms with Crippen LogP contribution >= 0.6 is 0 Å². The van der Waals surface area contributed by atoms with Gasteiger partial charge in [-0.25, -0.2) is 0 Å². The molecule has 2 rings (SSSR count). The van der Waals surface area contributed by atoms with Gasteiger partial charge in [-0.05, 0) is 44.4 Å². The van der Waals surface area contributed by atoms with Gasteiger partial charge in [0.25, 0.3) is 0 Å². The number of piperazine rings is 1. The Morgan fingerprint density at radius 3 is 2.42 bits per heavy atom. The Kier molecular flexibility index (Phi) is 4.94. The third-order valence-electron chi connectivity index (χ3n) is 6.15. The van der Waals surface area contributed by atoms with E-state index in [0.29, 0.717) is 5.54 Å². The van der Waals surface area contributed by atoms with Gasteiger partial charge in [0, 0.05) is 30.7 Å². The SMILES string of the molecule is CCC1CCC(N2CC(C)(CC)NCC2CC)C1C. The summed E-state index contributed by atoms with van der Waals surface area (Å²) in [5, 5.41) is 3.80. The number of hydrogen-bond acceptors (Lipinski definition) is 2. The van der Waals surface area contributed by atoms with E-state index in [4.69, 9.17) is 0 Å². The van der Waals surface area contributed by atoms with Crippen molar-refractivity contribution in [2.24, 2.45) is 11.8 Å². The van der Waals surface area contributed by atoms with Gasteiger partial charge in [0.15, 0.2) is 0 Å². The van der Waals surface area contributed by atoms with E-state index in [1.807, 2.05) is 0 Å². The average Bonchev–Trinajstić information content (AvgIpc) is 2.79. The van der Waals surface area contributed by atoms with Crippen molar-refractivity contribution in [3.05, 3.63) is 0 Å². The first-order chi connectivity index (χ1) is 9.04. The van der Waals surface area contributed by atoms with E-state index in [9.17, 15) is 0 Å². The molecule has 1 aliphatic heterocycles. The van der Waals surface area contributed by atoms with Crippen LogP contribution in [0.1, 0.15) is 66.7 Å². The van der Waals surface area contributed by atoms with E-state index in [-0.39, 0.29) is 0 Å². The molecule has 0 bridgehead atoms. The van der Waals surface area contributed by atoms with E-state index in [1.165, 1.54) is 45.2 Å². The monoisotopic (exact) mass is 266 g/mol. The summed E-state index contributed by atoms with van der Waals surface area (Å²) < 4.78 is 0. The zero-order chi connectivity index (χ0) is 14.0. The second-order valence-electron chi connectivity index (χ2n) is 7.20. The predicted octanol–water partition coefficient (Wildman–Crippen LogP) is 3.66. The molecule has 2 aliphatic rings. The summed E-state index contributed by atoms with van der Waals surface area (Å²) in [7, 11) is 0. The molecule has 2 heteroatoms. The lowest BCUT2D eigenvalue weighted by molar-refractivity contribution is 0.0276. The lowest BCUT2D eigenvalue weighted by Crippen LogP contribution is -2.65. The number of rotatable bonds is 4. The predicted molar refractivity (Wildman–Crippen MR) is 83.5 cm³/mol. The fourth-order valence-electron chi connectivity index (χ4n) is 4.34. The average molecular weight is 266 g/mol. The van der Waals surface area contributed by atoms with Crippen molar-refractivity contribution in [1.29, 1.82) is 0 Å².